The van der Waals surface area contributed by atoms with E-state index in [1.165, 1.54) is 17.3 Å². The van der Waals surface area contributed by atoms with Gasteiger partial charge in [0, 0.05) is 49.0 Å². The van der Waals surface area contributed by atoms with Crippen LogP contribution in [0.4, 0.5) is 18.9 Å². The number of aryl methyl sites for hydroxylation is 1. The van der Waals surface area contributed by atoms with Gasteiger partial charge in [-0.1, -0.05) is 29.8 Å². The highest BCUT2D eigenvalue weighted by Crippen LogP contribution is 2.26. The molecule has 2 aliphatic heterocycles. The largest absolute Gasteiger partial charge is 0.437 e. The summed E-state index contributed by atoms with van der Waals surface area (Å²) >= 11 is 0. The van der Waals surface area contributed by atoms with Crippen molar-refractivity contribution in [3.8, 4) is 0 Å². The molecule has 0 bridgehead atoms. The van der Waals surface area contributed by atoms with Crippen LogP contribution in [0.3, 0.4) is 0 Å². The van der Waals surface area contributed by atoms with E-state index in [-0.39, 0.29) is 11.7 Å². The second-order valence-corrected chi connectivity index (χ2v) is 8.96. The zero-order valence-corrected chi connectivity index (χ0v) is 19.8. The maximum Gasteiger partial charge on any atom is 0.437 e. The van der Waals surface area contributed by atoms with Crippen LogP contribution in [0.1, 0.15) is 34.3 Å². The fraction of sp³-hybridized carbons (Fsp3) is 0.440. The van der Waals surface area contributed by atoms with E-state index < -0.39 is 12.4 Å². The number of piperidine rings is 1. The maximum atomic E-state index is 12.8. The van der Waals surface area contributed by atoms with Crippen LogP contribution in [0.15, 0.2) is 53.5 Å². The summed E-state index contributed by atoms with van der Waals surface area (Å²) in [6.07, 6.45) is -4.76. The first-order valence-corrected chi connectivity index (χ1v) is 11.7. The van der Waals surface area contributed by atoms with Gasteiger partial charge in [0.1, 0.15) is 0 Å². The number of hydrogen-bond donors (Lipinski definition) is 2. The van der Waals surface area contributed by atoms with Crippen LogP contribution in [-0.2, 0) is 4.84 Å². The molecule has 35 heavy (non-hydrogen) atoms. The van der Waals surface area contributed by atoms with Gasteiger partial charge in [0.05, 0.1) is 0 Å². The number of nitrogens with zero attached hydrogens (tertiary/aromatic N) is 3. The van der Waals surface area contributed by atoms with Gasteiger partial charge in [-0.3, -0.25) is 4.79 Å². The molecule has 2 aromatic rings. The van der Waals surface area contributed by atoms with Crippen molar-refractivity contribution in [3.63, 3.8) is 0 Å². The molecule has 0 saturated carbocycles. The summed E-state index contributed by atoms with van der Waals surface area (Å²) in [7, 11) is 2.07. The van der Waals surface area contributed by atoms with Crippen LogP contribution in [0.25, 0.3) is 0 Å². The Hall–Kier alpha value is -3.11. The van der Waals surface area contributed by atoms with Gasteiger partial charge in [-0.05, 0) is 51.1 Å². The highest BCUT2D eigenvalue weighted by atomic mass is 19.4. The molecule has 0 aliphatic carbocycles. The molecule has 0 aromatic heterocycles. The smallest absolute Gasteiger partial charge is 0.371 e. The third kappa shape index (κ3) is 6.32. The Kier molecular flexibility index (Phi) is 7.61. The highest BCUT2D eigenvalue weighted by Gasteiger charge is 2.44. The number of likely N-dealkylation sites (N-methyl/N-ethyl adjacent to an activating group) is 1. The lowest BCUT2D eigenvalue weighted by molar-refractivity contribution is -0.220. The molecule has 2 heterocycles. The number of aliphatic imine (C=N–C) groups is 1. The SMILES string of the molecule is Cc1ccc(N2CCC(N(C)CCNC(=O)c3cccc(C4=NC(C(F)(F)F)ON4)c3)CC2)cc1. The van der Waals surface area contributed by atoms with Crippen LogP contribution in [0, 0.1) is 6.92 Å². The van der Waals surface area contributed by atoms with Crippen molar-refractivity contribution in [3.05, 3.63) is 65.2 Å². The minimum absolute atomic E-state index is 0.0568. The molecule has 0 radical (unpaired) electrons. The van der Waals surface area contributed by atoms with Crippen molar-refractivity contribution < 1.29 is 22.8 Å². The van der Waals surface area contributed by atoms with Gasteiger partial charge in [0.2, 0.25) is 0 Å². The molecular weight excluding hydrogens is 459 g/mol. The van der Waals surface area contributed by atoms with Crippen molar-refractivity contribution in [2.45, 2.75) is 38.2 Å². The number of benzene rings is 2. The van der Waals surface area contributed by atoms with Gasteiger partial charge >= 0.3 is 6.18 Å². The summed E-state index contributed by atoms with van der Waals surface area (Å²) in [4.78, 5) is 25.3. The second kappa shape index (κ2) is 10.7. The number of anilines is 1. The Morgan fingerprint density at radius 3 is 2.57 bits per heavy atom. The molecule has 7 nitrogen and oxygen atoms in total. The third-order valence-corrected chi connectivity index (χ3v) is 6.43. The lowest BCUT2D eigenvalue weighted by atomic mass is 10.0. The average molecular weight is 490 g/mol. The van der Waals surface area contributed by atoms with E-state index in [1.807, 2.05) is 0 Å². The van der Waals surface area contributed by atoms with Crippen molar-refractivity contribution in [2.75, 3.05) is 38.1 Å². The van der Waals surface area contributed by atoms with E-state index >= 15 is 0 Å². The first-order chi connectivity index (χ1) is 16.7. The zero-order valence-electron chi connectivity index (χ0n) is 19.8. The molecular formula is C25H30F3N5O2. The van der Waals surface area contributed by atoms with E-state index in [0.717, 1.165) is 25.9 Å². The number of amidine groups is 1. The van der Waals surface area contributed by atoms with Crippen molar-refractivity contribution in [1.82, 2.24) is 15.7 Å². The summed E-state index contributed by atoms with van der Waals surface area (Å²) in [5.74, 6) is -0.347. The summed E-state index contributed by atoms with van der Waals surface area (Å²) in [5, 5.41) is 2.90. The number of carbonyl (C=O) groups is 1. The summed E-state index contributed by atoms with van der Waals surface area (Å²) in [5.41, 5.74) is 5.40. The molecule has 2 N–H and O–H groups in total. The summed E-state index contributed by atoms with van der Waals surface area (Å²) < 4.78 is 38.3. The van der Waals surface area contributed by atoms with Crippen LogP contribution < -0.4 is 15.7 Å². The molecule has 1 unspecified atom stereocenters. The summed E-state index contributed by atoms with van der Waals surface area (Å²) in [6.45, 7) is 5.25. The Morgan fingerprint density at radius 2 is 1.91 bits per heavy atom. The number of rotatable bonds is 7. The number of nitrogens with one attached hydrogen (secondary N) is 2. The summed E-state index contributed by atoms with van der Waals surface area (Å²) in [6, 6.07) is 15.3. The number of hydroxylamine groups is 1. The molecule has 0 spiro atoms. The molecule has 1 saturated heterocycles. The number of hydrogen-bond acceptors (Lipinski definition) is 6. The van der Waals surface area contributed by atoms with Crippen LogP contribution >= 0.6 is 0 Å². The van der Waals surface area contributed by atoms with Gasteiger partial charge in [-0.25, -0.2) is 15.3 Å². The predicted molar refractivity (Wildman–Crippen MR) is 128 cm³/mol. The lowest BCUT2D eigenvalue weighted by Crippen LogP contribution is -2.45. The monoisotopic (exact) mass is 489 g/mol. The van der Waals surface area contributed by atoms with Gasteiger partial charge in [0.25, 0.3) is 12.1 Å². The Balaban J connectivity index is 1.24. The number of alkyl halides is 3. The van der Waals surface area contributed by atoms with Crippen LogP contribution in [0.2, 0.25) is 0 Å². The molecule has 1 atom stereocenters. The fourth-order valence-corrected chi connectivity index (χ4v) is 4.31. The van der Waals surface area contributed by atoms with E-state index in [1.54, 1.807) is 18.2 Å². The van der Waals surface area contributed by atoms with Crippen molar-refractivity contribution >= 4 is 17.4 Å². The quantitative estimate of drug-likeness (QED) is 0.623. The van der Waals surface area contributed by atoms with E-state index in [2.05, 4.69) is 68.7 Å². The van der Waals surface area contributed by atoms with Gasteiger partial charge in [-0.15, -0.1) is 0 Å². The van der Waals surface area contributed by atoms with Crippen molar-refractivity contribution in [2.24, 2.45) is 4.99 Å². The van der Waals surface area contributed by atoms with E-state index in [0.29, 0.717) is 30.3 Å². The predicted octanol–water partition coefficient (Wildman–Crippen LogP) is 3.50. The molecule has 1 fully saturated rings. The average Bonchev–Trinajstić information content (AvgIpc) is 3.36. The second-order valence-electron chi connectivity index (χ2n) is 8.96. The highest BCUT2D eigenvalue weighted by molar-refractivity contribution is 6.02. The minimum Gasteiger partial charge on any atom is -0.371 e. The van der Waals surface area contributed by atoms with Crippen LogP contribution in [-0.4, -0.2) is 68.3 Å². The number of carbonyl (C=O) groups excluding carboxylic acids is 1. The molecule has 188 valence electrons. The van der Waals surface area contributed by atoms with Gasteiger partial charge in [-0.2, -0.15) is 13.2 Å². The Morgan fingerprint density at radius 1 is 1.20 bits per heavy atom. The maximum absolute atomic E-state index is 12.8. The number of amides is 1. The third-order valence-electron chi connectivity index (χ3n) is 6.43. The first kappa shape index (κ1) is 25.0. The van der Waals surface area contributed by atoms with Gasteiger partial charge in [0.15, 0.2) is 5.84 Å². The molecule has 2 aliphatic rings. The van der Waals surface area contributed by atoms with Gasteiger partial charge < -0.3 is 15.1 Å². The fourth-order valence-electron chi connectivity index (χ4n) is 4.31. The minimum atomic E-state index is -4.60. The van der Waals surface area contributed by atoms with E-state index in [9.17, 15) is 18.0 Å². The number of halogens is 3. The molecule has 4 rings (SSSR count). The zero-order chi connectivity index (χ0) is 25.0. The Labute approximate surface area is 202 Å². The first-order valence-electron chi connectivity index (χ1n) is 11.7. The Bertz CT molecular complexity index is 1050. The topological polar surface area (TPSA) is 69.2 Å². The molecule has 1 amide bonds. The molecule has 10 heteroatoms. The van der Waals surface area contributed by atoms with E-state index in [4.69, 9.17) is 0 Å². The molecule has 2 aromatic carbocycles. The lowest BCUT2D eigenvalue weighted by Gasteiger charge is -2.38. The standard InChI is InChI=1S/C25H30F3N5O2/c1-17-6-8-21(9-7-17)33-13-10-20(11-14-33)32(2)15-12-29-23(34)19-5-3-4-18(16-19)22-30-24(35-31-22)25(26,27)28/h3-9,16,20,24H,10-15H2,1-2H3,(H,29,34)(H,30,31). The van der Waals surface area contributed by atoms with Crippen LogP contribution in [0.5, 0.6) is 0 Å². The normalized spacial score (nSPS) is 19.0. The van der Waals surface area contributed by atoms with Crippen molar-refractivity contribution in [1.29, 1.82) is 0 Å².